The molecule has 0 aliphatic heterocycles. The summed E-state index contributed by atoms with van der Waals surface area (Å²) >= 11 is 0. The number of ether oxygens (including phenoxy) is 2. The van der Waals surface area contributed by atoms with Crippen LogP contribution in [0.5, 0.6) is 0 Å². The van der Waals surface area contributed by atoms with Gasteiger partial charge in [-0.1, -0.05) is 12.1 Å². The molecule has 2 rings (SSSR count). The van der Waals surface area contributed by atoms with Gasteiger partial charge in [-0.25, -0.2) is 4.79 Å². The maximum Gasteiger partial charge on any atom is 0.419 e. The minimum atomic E-state index is -0.447. The highest BCUT2D eigenvalue weighted by molar-refractivity contribution is 5.76. The van der Waals surface area contributed by atoms with Crippen LogP contribution in [0.2, 0.25) is 0 Å². The van der Waals surface area contributed by atoms with Crippen LogP contribution in [0.3, 0.4) is 0 Å². The number of amides is 1. The fraction of sp³-hybridized carbons (Fsp3) is 0.467. The summed E-state index contributed by atoms with van der Waals surface area (Å²) in [6.45, 7) is 2.19. The summed E-state index contributed by atoms with van der Waals surface area (Å²) in [5.74, 6) is -0.579. The fourth-order valence-corrected chi connectivity index (χ4v) is 2.03. The number of aryl methyl sites for hydroxylation is 1. The molecule has 0 radical (unpaired) electrons. The first-order valence-electron chi connectivity index (χ1n) is 7.14. The van der Waals surface area contributed by atoms with Crippen molar-refractivity contribution < 1.29 is 18.7 Å². The molecule has 0 saturated carbocycles. The molecule has 7 nitrogen and oxygen atoms in total. The Labute approximate surface area is 127 Å². The SMILES string of the molecule is COCCOCCNC(=O)CCn1c(=O)oc2ccccc21. The molecular formula is C15H20N2O5. The predicted molar refractivity (Wildman–Crippen MR) is 80.8 cm³/mol. The van der Waals surface area contributed by atoms with Gasteiger partial charge in [0.2, 0.25) is 5.91 Å². The van der Waals surface area contributed by atoms with Crippen LogP contribution in [0.1, 0.15) is 6.42 Å². The number of carbonyl (C=O) groups excluding carboxylic acids is 1. The molecule has 0 aliphatic carbocycles. The lowest BCUT2D eigenvalue weighted by Crippen LogP contribution is -2.29. The molecule has 7 heteroatoms. The second-order valence-electron chi connectivity index (χ2n) is 4.69. The molecule has 1 heterocycles. The Balaban J connectivity index is 1.76. The summed E-state index contributed by atoms with van der Waals surface area (Å²) in [5, 5.41) is 2.74. The minimum absolute atomic E-state index is 0.132. The van der Waals surface area contributed by atoms with Gasteiger partial charge in [-0.15, -0.1) is 0 Å². The van der Waals surface area contributed by atoms with Crippen LogP contribution >= 0.6 is 0 Å². The van der Waals surface area contributed by atoms with Crippen molar-refractivity contribution in [2.45, 2.75) is 13.0 Å². The van der Waals surface area contributed by atoms with E-state index in [1.54, 1.807) is 25.3 Å². The lowest BCUT2D eigenvalue weighted by Gasteiger charge is -2.06. The number of hydrogen-bond donors (Lipinski definition) is 1. The lowest BCUT2D eigenvalue weighted by molar-refractivity contribution is -0.121. The van der Waals surface area contributed by atoms with E-state index < -0.39 is 5.76 Å². The van der Waals surface area contributed by atoms with E-state index >= 15 is 0 Å². The first-order chi connectivity index (χ1) is 10.7. The van der Waals surface area contributed by atoms with Crippen LogP contribution < -0.4 is 11.1 Å². The van der Waals surface area contributed by atoms with E-state index in [9.17, 15) is 9.59 Å². The topological polar surface area (TPSA) is 82.7 Å². The summed E-state index contributed by atoms with van der Waals surface area (Å²) in [6, 6.07) is 7.14. The Morgan fingerprint density at radius 1 is 1.27 bits per heavy atom. The van der Waals surface area contributed by atoms with Crippen molar-refractivity contribution in [2.24, 2.45) is 0 Å². The highest BCUT2D eigenvalue weighted by Crippen LogP contribution is 2.11. The molecule has 1 aromatic heterocycles. The van der Waals surface area contributed by atoms with Crippen LogP contribution in [0.25, 0.3) is 11.1 Å². The number of fused-ring (bicyclic) bond motifs is 1. The largest absolute Gasteiger partial charge is 0.419 e. The molecule has 22 heavy (non-hydrogen) atoms. The van der Waals surface area contributed by atoms with Crippen molar-refractivity contribution >= 4 is 17.0 Å². The van der Waals surface area contributed by atoms with Gasteiger partial charge in [-0.05, 0) is 12.1 Å². The van der Waals surface area contributed by atoms with Crippen LogP contribution in [0, 0.1) is 0 Å². The number of aromatic nitrogens is 1. The number of carbonyl (C=O) groups is 1. The van der Waals surface area contributed by atoms with E-state index in [-0.39, 0.29) is 18.9 Å². The molecule has 0 spiro atoms. The third kappa shape index (κ3) is 4.44. The van der Waals surface area contributed by atoms with E-state index in [0.717, 1.165) is 0 Å². The molecule has 0 fully saturated rings. The van der Waals surface area contributed by atoms with Crippen molar-refractivity contribution in [3.63, 3.8) is 0 Å². The summed E-state index contributed by atoms with van der Waals surface area (Å²) in [7, 11) is 1.60. The van der Waals surface area contributed by atoms with Crippen molar-refractivity contribution in [3.8, 4) is 0 Å². The average Bonchev–Trinajstić information content (AvgIpc) is 2.84. The molecular weight excluding hydrogens is 288 g/mol. The van der Waals surface area contributed by atoms with Gasteiger partial charge < -0.3 is 19.2 Å². The molecule has 1 amide bonds. The number of rotatable bonds is 9. The Bertz CT molecular complexity index is 661. The highest BCUT2D eigenvalue weighted by Gasteiger charge is 2.09. The third-order valence-electron chi connectivity index (χ3n) is 3.14. The van der Waals surface area contributed by atoms with E-state index in [2.05, 4.69) is 5.32 Å². The van der Waals surface area contributed by atoms with E-state index in [1.165, 1.54) is 4.57 Å². The van der Waals surface area contributed by atoms with Crippen molar-refractivity contribution in [3.05, 3.63) is 34.8 Å². The summed E-state index contributed by atoms with van der Waals surface area (Å²) in [5.41, 5.74) is 1.22. The quantitative estimate of drug-likeness (QED) is 0.692. The number of hydrogen-bond acceptors (Lipinski definition) is 5. The molecule has 2 aromatic rings. The molecule has 0 unspecified atom stereocenters. The number of nitrogens with zero attached hydrogens (tertiary/aromatic N) is 1. The van der Waals surface area contributed by atoms with Crippen LogP contribution in [0.4, 0.5) is 0 Å². The molecule has 0 bridgehead atoms. The third-order valence-corrected chi connectivity index (χ3v) is 3.14. The molecule has 0 saturated heterocycles. The Kier molecular flexibility index (Phi) is 6.17. The lowest BCUT2D eigenvalue weighted by atomic mass is 10.3. The van der Waals surface area contributed by atoms with Crippen molar-refractivity contribution in [1.29, 1.82) is 0 Å². The van der Waals surface area contributed by atoms with Gasteiger partial charge in [0.25, 0.3) is 0 Å². The number of methoxy groups -OCH3 is 1. The standard InChI is InChI=1S/C15H20N2O5/c1-20-10-11-21-9-7-16-14(18)6-8-17-12-4-2-3-5-13(12)22-15(17)19/h2-5H,6-11H2,1H3,(H,16,18). The summed E-state index contributed by atoms with van der Waals surface area (Å²) in [6.07, 6.45) is 0.210. The smallest absolute Gasteiger partial charge is 0.408 e. The van der Waals surface area contributed by atoms with Gasteiger partial charge >= 0.3 is 5.76 Å². The average molecular weight is 308 g/mol. The Morgan fingerprint density at radius 3 is 2.91 bits per heavy atom. The van der Waals surface area contributed by atoms with Crippen molar-refractivity contribution in [1.82, 2.24) is 9.88 Å². The maximum atomic E-state index is 11.7. The minimum Gasteiger partial charge on any atom is -0.408 e. The van der Waals surface area contributed by atoms with E-state index in [4.69, 9.17) is 13.9 Å². The Morgan fingerprint density at radius 2 is 2.09 bits per heavy atom. The van der Waals surface area contributed by atoms with E-state index in [0.29, 0.717) is 37.5 Å². The first-order valence-corrected chi connectivity index (χ1v) is 7.14. The van der Waals surface area contributed by atoms with Gasteiger partial charge in [0.15, 0.2) is 5.58 Å². The molecule has 1 aromatic carbocycles. The second-order valence-corrected chi connectivity index (χ2v) is 4.69. The number of oxazole rings is 1. The molecule has 0 aliphatic rings. The predicted octanol–water partition coefficient (Wildman–Crippen LogP) is 0.764. The van der Waals surface area contributed by atoms with Crippen LogP contribution in [-0.4, -0.2) is 43.9 Å². The zero-order chi connectivity index (χ0) is 15.8. The van der Waals surface area contributed by atoms with Gasteiger partial charge in [-0.3, -0.25) is 9.36 Å². The van der Waals surface area contributed by atoms with Gasteiger partial charge in [0, 0.05) is 26.6 Å². The van der Waals surface area contributed by atoms with Gasteiger partial charge in [-0.2, -0.15) is 0 Å². The highest BCUT2D eigenvalue weighted by atomic mass is 16.5. The molecule has 120 valence electrons. The number of nitrogens with one attached hydrogen (secondary N) is 1. The normalized spacial score (nSPS) is 11.0. The maximum absolute atomic E-state index is 11.7. The summed E-state index contributed by atoms with van der Waals surface area (Å²) in [4.78, 5) is 23.5. The van der Waals surface area contributed by atoms with Gasteiger partial charge in [0.1, 0.15) is 0 Å². The summed E-state index contributed by atoms with van der Waals surface area (Å²) < 4.78 is 16.7. The van der Waals surface area contributed by atoms with E-state index in [1.807, 2.05) is 6.07 Å². The van der Waals surface area contributed by atoms with Crippen LogP contribution in [-0.2, 0) is 20.8 Å². The number of para-hydroxylation sites is 2. The van der Waals surface area contributed by atoms with Gasteiger partial charge in [0.05, 0.1) is 25.3 Å². The van der Waals surface area contributed by atoms with Crippen molar-refractivity contribution in [2.75, 3.05) is 33.5 Å². The zero-order valence-electron chi connectivity index (χ0n) is 12.5. The zero-order valence-corrected chi connectivity index (χ0v) is 12.5. The Hall–Kier alpha value is -2.12. The van der Waals surface area contributed by atoms with Crippen LogP contribution in [0.15, 0.2) is 33.5 Å². The molecule has 0 atom stereocenters. The second kappa shape index (κ2) is 8.35. The molecule has 1 N–H and O–H groups in total. The number of benzene rings is 1. The monoisotopic (exact) mass is 308 g/mol. The first kappa shape index (κ1) is 16.3. The fourth-order valence-electron chi connectivity index (χ4n) is 2.03.